The lowest BCUT2D eigenvalue weighted by Gasteiger charge is -2.19. The minimum absolute atomic E-state index is 0. The molecule has 2 atom stereocenters. The largest absolute Gasteiger partial charge is 0.349 e. The first-order chi connectivity index (χ1) is 9.19. The number of anilines is 1. The summed E-state index contributed by atoms with van der Waals surface area (Å²) in [6.07, 6.45) is 1.31. The number of carbonyl (C=O) groups excluding carboxylic acids is 1. The molecule has 0 aliphatic rings. The molecule has 0 bridgehead atoms. The van der Waals surface area contributed by atoms with E-state index in [4.69, 9.17) is 5.73 Å². The summed E-state index contributed by atoms with van der Waals surface area (Å²) in [5, 5.41) is 2.80. The molecule has 0 aliphatic carbocycles. The van der Waals surface area contributed by atoms with Crippen LogP contribution in [0.2, 0.25) is 0 Å². The van der Waals surface area contributed by atoms with Crippen LogP contribution in [0.25, 0.3) is 0 Å². The van der Waals surface area contributed by atoms with Gasteiger partial charge in [0, 0.05) is 12.5 Å². The van der Waals surface area contributed by atoms with Gasteiger partial charge in [-0.15, -0.1) is 12.4 Å². The van der Waals surface area contributed by atoms with E-state index < -0.39 is 10.0 Å². The minimum atomic E-state index is -3.36. The monoisotopic (exact) mass is 335 g/mol. The summed E-state index contributed by atoms with van der Waals surface area (Å²) in [5.41, 5.74) is 6.73. The first kappa shape index (κ1) is 19.7. The van der Waals surface area contributed by atoms with E-state index in [9.17, 15) is 13.2 Å². The van der Waals surface area contributed by atoms with Gasteiger partial charge in [-0.05, 0) is 25.5 Å². The van der Waals surface area contributed by atoms with Crippen LogP contribution in [0.5, 0.6) is 0 Å². The molecule has 0 saturated heterocycles. The van der Waals surface area contributed by atoms with Crippen molar-refractivity contribution in [2.75, 3.05) is 11.0 Å². The summed E-state index contributed by atoms with van der Waals surface area (Å²) in [4.78, 5) is 11.7. The molecule has 0 fully saturated rings. The van der Waals surface area contributed by atoms with Crippen molar-refractivity contribution < 1.29 is 13.2 Å². The standard InChI is InChI=1S/C13H21N3O3S.ClH/c1-9(14)8-13(17)15-10(2)11-6-4-5-7-12(11)16-20(3,18)19;/h4-7,9-10,16H,8,14H2,1-3H3,(H,15,17);1H. The van der Waals surface area contributed by atoms with E-state index in [1.807, 2.05) is 0 Å². The Balaban J connectivity index is 0.00000400. The molecule has 0 aliphatic heterocycles. The number of carbonyl (C=O) groups is 1. The van der Waals surface area contributed by atoms with Gasteiger partial charge >= 0.3 is 0 Å². The highest BCUT2D eigenvalue weighted by molar-refractivity contribution is 7.92. The average Bonchev–Trinajstić information content (AvgIpc) is 2.25. The lowest BCUT2D eigenvalue weighted by molar-refractivity contribution is -0.121. The SMILES string of the molecule is CC(N)CC(=O)NC(C)c1ccccc1NS(C)(=O)=O.Cl. The number of para-hydroxylation sites is 1. The van der Waals surface area contributed by atoms with Crippen molar-refractivity contribution in [3.8, 4) is 0 Å². The molecule has 0 saturated carbocycles. The normalized spacial score (nSPS) is 13.7. The second-order valence-electron chi connectivity index (χ2n) is 4.93. The highest BCUT2D eigenvalue weighted by Crippen LogP contribution is 2.23. The zero-order chi connectivity index (χ0) is 15.3. The van der Waals surface area contributed by atoms with Crippen LogP contribution >= 0.6 is 12.4 Å². The second kappa shape index (κ2) is 8.21. The zero-order valence-electron chi connectivity index (χ0n) is 12.3. The highest BCUT2D eigenvalue weighted by Gasteiger charge is 2.15. The molecule has 0 heterocycles. The van der Waals surface area contributed by atoms with Crippen molar-refractivity contribution >= 4 is 34.0 Å². The Labute approximate surface area is 132 Å². The van der Waals surface area contributed by atoms with Gasteiger partial charge < -0.3 is 11.1 Å². The number of hydrogen-bond donors (Lipinski definition) is 3. The van der Waals surface area contributed by atoms with Crippen LogP contribution in [0.4, 0.5) is 5.69 Å². The number of hydrogen-bond acceptors (Lipinski definition) is 4. The molecule has 8 heteroatoms. The van der Waals surface area contributed by atoms with Crippen LogP contribution < -0.4 is 15.8 Å². The molecule has 1 amide bonds. The van der Waals surface area contributed by atoms with Gasteiger partial charge in [-0.3, -0.25) is 9.52 Å². The second-order valence-corrected chi connectivity index (χ2v) is 6.68. The van der Waals surface area contributed by atoms with Crippen molar-refractivity contribution in [3.63, 3.8) is 0 Å². The van der Waals surface area contributed by atoms with Crippen molar-refractivity contribution in [1.29, 1.82) is 0 Å². The Morgan fingerprint density at radius 2 is 1.86 bits per heavy atom. The first-order valence-electron chi connectivity index (χ1n) is 6.30. The molecule has 1 rings (SSSR count). The summed E-state index contributed by atoms with van der Waals surface area (Å²) in [6.45, 7) is 3.55. The molecule has 0 spiro atoms. The number of sulfonamides is 1. The van der Waals surface area contributed by atoms with E-state index in [1.54, 1.807) is 38.1 Å². The van der Waals surface area contributed by atoms with Gasteiger partial charge in [0.2, 0.25) is 15.9 Å². The molecule has 0 aromatic heterocycles. The van der Waals surface area contributed by atoms with E-state index in [0.29, 0.717) is 11.3 Å². The topological polar surface area (TPSA) is 101 Å². The number of rotatable bonds is 6. The molecule has 1 aromatic carbocycles. The predicted molar refractivity (Wildman–Crippen MR) is 87.0 cm³/mol. The van der Waals surface area contributed by atoms with Crippen LogP contribution in [0.1, 0.15) is 31.9 Å². The third kappa shape index (κ3) is 7.31. The quantitative estimate of drug-likeness (QED) is 0.731. The third-order valence-corrected chi connectivity index (χ3v) is 3.20. The van der Waals surface area contributed by atoms with Gasteiger partial charge in [-0.2, -0.15) is 0 Å². The smallest absolute Gasteiger partial charge is 0.229 e. The van der Waals surface area contributed by atoms with Crippen LogP contribution in [0.15, 0.2) is 24.3 Å². The van der Waals surface area contributed by atoms with Crippen molar-refractivity contribution in [1.82, 2.24) is 5.32 Å². The Bertz CT molecular complexity index is 576. The van der Waals surface area contributed by atoms with Crippen LogP contribution in [-0.2, 0) is 14.8 Å². The molecule has 2 unspecified atom stereocenters. The van der Waals surface area contributed by atoms with Crippen LogP contribution in [0.3, 0.4) is 0 Å². The van der Waals surface area contributed by atoms with Gasteiger partial charge in [0.25, 0.3) is 0 Å². The van der Waals surface area contributed by atoms with E-state index in [-0.39, 0.29) is 36.8 Å². The maximum absolute atomic E-state index is 11.7. The fourth-order valence-electron chi connectivity index (χ4n) is 1.84. The van der Waals surface area contributed by atoms with Gasteiger partial charge in [-0.25, -0.2) is 8.42 Å². The van der Waals surface area contributed by atoms with Gasteiger partial charge in [-0.1, -0.05) is 18.2 Å². The summed E-state index contributed by atoms with van der Waals surface area (Å²) < 4.78 is 25.1. The molecular formula is C13H22ClN3O3S. The summed E-state index contributed by atoms with van der Waals surface area (Å²) in [7, 11) is -3.36. The number of halogens is 1. The van der Waals surface area contributed by atoms with Crippen molar-refractivity contribution in [3.05, 3.63) is 29.8 Å². The number of nitrogens with one attached hydrogen (secondary N) is 2. The Morgan fingerprint density at radius 3 is 2.38 bits per heavy atom. The molecule has 0 radical (unpaired) electrons. The number of nitrogens with two attached hydrogens (primary N) is 1. The van der Waals surface area contributed by atoms with Crippen molar-refractivity contribution in [2.45, 2.75) is 32.4 Å². The molecular weight excluding hydrogens is 314 g/mol. The fraction of sp³-hybridized carbons (Fsp3) is 0.462. The van der Waals surface area contributed by atoms with Crippen LogP contribution in [0, 0.1) is 0 Å². The minimum Gasteiger partial charge on any atom is -0.349 e. The Hall–Kier alpha value is -1.31. The maximum Gasteiger partial charge on any atom is 0.229 e. The number of amides is 1. The zero-order valence-corrected chi connectivity index (χ0v) is 13.9. The molecule has 6 nitrogen and oxygen atoms in total. The predicted octanol–water partition coefficient (Wildman–Crippen LogP) is 1.39. The first-order valence-corrected chi connectivity index (χ1v) is 8.20. The Kier molecular flexibility index (Phi) is 7.70. The van der Waals surface area contributed by atoms with Crippen LogP contribution in [-0.4, -0.2) is 26.6 Å². The van der Waals surface area contributed by atoms with Gasteiger partial charge in [0.05, 0.1) is 18.0 Å². The molecule has 1 aromatic rings. The Morgan fingerprint density at radius 1 is 1.29 bits per heavy atom. The van der Waals surface area contributed by atoms with E-state index in [1.165, 1.54) is 0 Å². The van der Waals surface area contributed by atoms with Gasteiger partial charge in [0.1, 0.15) is 0 Å². The number of benzene rings is 1. The van der Waals surface area contributed by atoms with Crippen molar-refractivity contribution in [2.24, 2.45) is 5.73 Å². The summed E-state index contributed by atoms with van der Waals surface area (Å²) in [6, 6.07) is 6.41. The van der Waals surface area contributed by atoms with E-state index in [0.717, 1.165) is 6.26 Å². The van der Waals surface area contributed by atoms with Gasteiger partial charge in [0.15, 0.2) is 0 Å². The highest BCUT2D eigenvalue weighted by atomic mass is 35.5. The average molecular weight is 336 g/mol. The molecule has 21 heavy (non-hydrogen) atoms. The van der Waals surface area contributed by atoms with E-state index in [2.05, 4.69) is 10.0 Å². The third-order valence-electron chi connectivity index (χ3n) is 2.61. The molecule has 4 N–H and O–H groups in total. The summed E-state index contributed by atoms with van der Waals surface area (Å²) in [5.74, 6) is -0.165. The summed E-state index contributed by atoms with van der Waals surface area (Å²) >= 11 is 0. The lowest BCUT2D eigenvalue weighted by Crippen LogP contribution is -2.32. The lowest BCUT2D eigenvalue weighted by atomic mass is 10.1. The van der Waals surface area contributed by atoms with E-state index >= 15 is 0 Å². The maximum atomic E-state index is 11.7. The fourth-order valence-corrected chi connectivity index (χ4v) is 2.42. The molecule has 120 valence electrons.